The number of carbonyl (C=O) groups is 1. The Hall–Kier alpha value is -2.59. The Kier molecular flexibility index (Phi) is 7.22. The lowest BCUT2D eigenvalue weighted by Crippen LogP contribution is -2.48. The van der Waals surface area contributed by atoms with Crippen molar-refractivity contribution in [2.75, 3.05) is 37.7 Å². The minimum atomic E-state index is -4.46. The van der Waals surface area contributed by atoms with Gasteiger partial charge in [0.05, 0.1) is 23.6 Å². The fourth-order valence-corrected chi connectivity index (χ4v) is 4.58. The zero-order chi connectivity index (χ0) is 22.5. The Morgan fingerprint density at radius 3 is 2.39 bits per heavy atom. The Labute approximate surface area is 178 Å². The first kappa shape index (κ1) is 23.1. The van der Waals surface area contributed by atoms with Gasteiger partial charge in [-0.1, -0.05) is 36.4 Å². The fraction of sp³-hybridized carbons (Fsp3) is 0.381. The molecule has 2 aromatic carbocycles. The summed E-state index contributed by atoms with van der Waals surface area (Å²) in [5, 5.41) is 2.74. The van der Waals surface area contributed by atoms with E-state index < -0.39 is 27.6 Å². The zero-order valence-corrected chi connectivity index (χ0v) is 17.5. The van der Waals surface area contributed by atoms with Crippen LogP contribution in [0.25, 0.3) is 0 Å². The highest BCUT2D eigenvalue weighted by atomic mass is 32.2. The second kappa shape index (κ2) is 9.69. The molecule has 1 aliphatic heterocycles. The predicted molar refractivity (Wildman–Crippen MR) is 109 cm³/mol. The number of hydrogen-bond acceptors (Lipinski definition) is 5. The minimum absolute atomic E-state index is 0.0110. The van der Waals surface area contributed by atoms with Crippen molar-refractivity contribution in [3.05, 3.63) is 65.7 Å². The smallest absolute Gasteiger partial charge is 0.416 e. The molecule has 3 rings (SSSR count). The topological polar surface area (TPSA) is 75.7 Å². The van der Waals surface area contributed by atoms with E-state index in [9.17, 15) is 26.4 Å². The number of carbonyl (C=O) groups excluding carboxylic acids is 1. The van der Waals surface area contributed by atoms with Gasteiger partial charge in [-0.25, -0.2) is 8.42 Å². The molecule has 1 heterocycles. The van der Waals surface area contributed by atoms with Gasteiger partial charge < -0.3 is 10.1 Å². The third-order valence-electron chi connectivity index (χ3n) is 4.94. The molecule has 1 saturated heterocycles. The van der Waals surface area contributed by atoms with Crippen LogP contribution >= 0.6 is 0 Å². The molecule has 6 nitrogen and oxygen atoms in total. The van der Waals surface area contributed by atoms with Crippen LogP contribution in [0.15, 0.2) is 54.6 Å². The average Bonchev–Trinajstić information content (AvgIpc) is 2.73. The molecule has 1 aliphatic rings. The molecule has 168 valence electrons. The third kappa shape index (κ3) is 6.44. The molecule has 1 atom stereocenters. The summed E-state index contributed by atoms with van der Waals surface area (Å²) >= 11 is 0. The van der Waals surface area contributed by atoms with E-state index in [4.69, 9.17) is 4.74 Å². The lowest BCUT2D eigenvalue weighted by molar-refractivity contribution is -0.137. The molecule has 0 spiro atoms. The van der Waals surface area contributed by atoms with Crippen LogP contribution in [0.5, 0.6) is 5.75 Å². The van der Waals surface area contributed by atoms with E-state index in [2.05, 4.69) is 5.32 Å². The average molecular weight is 456 g/mol. The van der Waals surface area contributed by atoms with Crippen molar-refractivity contribution in [2.45, 2.75) is 12.2 Å². The van der Waals surface area contributed by atoms with E-state index in [0.717, 1.165) is 17.7 Å². The number of halogens is 3. The Balaban J connectivity index is 1.60. The van der Waals surface area contributed by atoms with Gasteiger partial charge in [0.25, 0.3) is 0 Å². The first-order chi connectivity index (χ1) is 14.7. The van der Waals surface area contributed by atoms with Crippen LogP contribution in [0.3, 0.4) is 0 Å². The zero-order valence-electron chi connectivity index (χ0n) is 16.6. The molecule has 1 unspecified atom stereocenters. The maximum Gasteiger partial charge on any atom is 0.416 e. The lowest BCUT2D eigenvalue weighted by Gasteiger charge is -2.33. The highest BCUT2D eigenvalue weighted by molar-refractivity contribution is 7.91. The van der Waals surface area contributed by atoms with Crippen molar-refractivity contribution >= 4 is 15.7 Å². The third-order valence-corrected chi connectivity index (χ3v) is 6.55. The van der Waals surface area contributed by atoms with Gasteiger partial charge in [-0.05, 0) is 23.8 Å². The monoisotopic (exact) mass is 456 g/mol. The van der Waals surface area contributed by atoms with Crippen molar-refractivity contribution in [3.63, 3.8) is 0 Å². The highest BCUT2D eigenvalue weighted by Gasteiger charge is 2.32. The molecule has 10 heteroatoms. The van der Waals surface area contributed by atoms with E-state index in [1.54, 1.807) is 24.3 Å². The Morgan fingerprint density at radius 1 is 1.06 bits per heavy atom. The van der Waals surface area contributed by atoms with Gasteiger partial charge >= 0.3 is 6.18 Å². The summed E-state index contributed by atoms with van der Waals surface area (Å²) in [7, 11) is -3.10. The largest absolute Gasteiger partial charge is 0.492 e. The summed E-state index contributed by atoms with van der Waals surface area (Å²) in [6, 6.07) is 12.9. The molecule has 1 N–H and O–H groups in total. The molecule has 1 amide bonds. The van der Waals surface area contributed by atoms with Gasteiger partial charge in [0, 0.05) is 13.1 Å². The summed E-state index contributed by atoms with van der Waals surface area (Å²) in [6.07, 6.45) is -4.46. The highest BCUT2D eigenvalue weighted by Crippen LogP contribution is 2.31. The SMILES string of the molecule is O=C(NCCOc1cccc(C(F)(F)F)c1)C(c1ccccc1)N1CCS(=O)(=O)CC1. The van der Waals surface area contributed by atoms with Crippen molar-refractivity contribution in [1.82, 2.24) is 10.2 Å². The van der Waals surface area contributed by atoms with E-state index in [0.29, 0.717) is 0 Å². The van der Waals surface area contributed by atoms with Gasteiger partial charge in [-0.2, -0.15) is 13.2 Å². The Morgan fingerprint density at radius 2 is 1.74 bits per heavy atom. The maximum absolute atomic E-state index is 12.9. The van der Waals surface area contributed by atoms with Crippen LogP contribution < -0.4 is 10.1 Å². The van der Waals surface area contributed by atoms with Crippen molar-refractivity contribution < 1.29 is 31.1 Å². The van der Waals surface area contributed by atoms with Gasteiger partial charge in [0.2, 0.25) is 5.91 Å². The molecular weight excluding hydrogens is 433 g/mol. The summed E-state index contributed by atoms with van der Waals surface area (Å²) in [6.45, 7) is 0.569. The van der Waals surface area contributed by atoms with Crippen molar-refractivity contribution in [3.8, 4) is 5.75 Å². The number of benzene rings is 2. The summed E-state index contributed by atoms with van der Waals surface area (Å²) in [5.74, 6) is -0.284. The number of ether oxygens (including phenoxy) is 1. The quantitative estimate of drug-likeness (QED) is 0.649. The van der Waals surface area contributed by atoms with Crippen LogP contribution in [0, 0.1) is 0 Å². The minimum Gasteiger partial charge on any atom is -0.492 e. The van der Waals surface area contributed by atoms with Crippen LogP contribution in [-0.2, 0) is 20.8 Å². The van der Waals surface area contributed by atoms with Crippen LogP contribution in [0.1, 0.15) is 17.2 Å². The van der Waals surface area contributed by atoms with Crippen LogP contribution in [0.2, 0.25) is 0 Å². The maximum atomic E-state index is 12.9. The summed E-state index contributed by atoms with van der Waals surface area (Å²) in [5.41, 5.74) is -0.0728. The Bertz CT molecular complexity index is 983. The fourth-order valence-electron chi connectivity index (χ4n) is 3.35. The van der Waals surface area contributed by atoms with Gasteiger partial charge in [-0.3, -0.25) is 9.69 Å². The normalized spacial score (nSPS) is 17.6. The lowest BCUT2D eigenvalue weighted by atomic mass is 10.0. The van der Waals surface area contributed by atoms with Gasteiger partial charge in [-0.15, -0.1) is 0 Å². The molecule has 1 fully saturated rings. The number of nitrogens with zero attached hydrogens (tertiary/aromatic N) is 1. The van der Waals surface area contributed by atoms with E-state index in [-0.39, 0.29) is 49.4 Å². The predicted octanol–water partition coefficient (Wildman–Crippen LogP) is 2.67. The van der Waals surface area contributed by atoms with Crippen molar-refractivity contribution in [1.29, 1.82) is 0 Å². The molecule has 2 aromatic rings. The second-order valence-corrected chi connectivity index (χ2v) is 9.47. The molecular formula is C21H23F3N2O4S. The first-order valence-electron chi connectivity index (χ1n) is 9.73. The number of hydrogen-bond donors (Lipinski definition) is 1. The van der Waals surface area contributed by atoms with E-state index in [1.807, 2.05) is 11.0 Å². The van der Waals surface area contributed by atoms with Crippen LogP contribution in [0.4, 0.5) is 13.2 Å². The standard InChI is InChI=1S/C21H23F3N2O4S/c22-21(23,24)17-7-4-8-18(15-17)30-12-9-25-20(27)19(16-5-2-1-3-6-16)26-10-13-31(28,29)14-11-26/h1-8,15,19H,9-14H2,(H,25,27). The van der Waals surface area contributed by atoms with Gasteiger partial charge in [0.15, 0.2) is 9.84 Å². The van der Waals surface area contributed by atoms with Crippen molar-refractivity contribution in [2.24, 2.45) is 0 Å². The second-order valence-electron chi connectivity index (χ2n) is 7.17. The number of amides is 1. The number of alkyl halides is 3. The number of rotatable bonds is 7. The van der Waals surface area contributed by atoms with E-state index >= 15 is 0 Å². The summed E-state index contributed by atoms with van der Waals surface area (Å²) < 4.78 is 67.2. The molecule has 0 bridgehead atoms. The molecule has 0 radical (unpaired) electrons. The number of nitrogens with one attached hydrogen (secondary N) is 1. The molecule has 0 aliphatic carbocycles. The summed E-state index contributed by atoms with van der Waals surface area (Å²) in [4.78, 5) is 14.7. The van der Waals surface area contributed by atoms with E-state index in [1.165, 1.54) is 12.1 Å². The molecule has 31 heavy (non-hydrogen) atoms. The van der Waals surface area contributed by atoms with Gasteiger partial charge in [0.1, 0.15) is 18.4 Å². The molecule has 0 aromatic heterocycles. The molecule has 0 saturated carbocycles. The van der Waals surface area contributed by atoms with Crippen LogP contribution in [-0.4, -0.2) is 57.0 Å². The first-order valence-corrected chi connectivity index (χ1v) is 11.5. The number of sulfone groups is 1.